The minimum Gasteiger partial charge on any atom is -0.496 e. The van der Waals surface area contributed by atoms with Crippen molar-refractivity contribution in [1.29, 1.82) is 0 Å². The normalized spacial score (nSPS) is 19.9. The molecule has 1 unspecified atom stereocenters. The fourth-order valence-electron chi connectivity index (χ4n) is 5.91. The van der Waals surface area contributed by atoms with Crippen LogP contribution in [-0.2, 0) is 6.54 Å². The van der Waals surface area contributed by atoms with Crippen LogP contribution in [0.2, 0.25) is 0 Å². The van der Waals surface area contributed by atoms with Crippen molar-refractivity contribution in [2.75, 3.05) is 18.6 Å². The lowest BCUT2D eigenvalue weighted by molar-refractivity contribution is 0.0923. The van der Waals surface area contributed by atoms with E-state index in [1.165, 1.54) is 0 Å². The molecule has 2 amide bonds. The Labute approximate surface area is 229 Å². The van der Waals surface area contributed by atoms with Crippen molar-refractivity contribution in [1.82, 2.24) is 15.6 Å². The van der Waals surface area contributed by atoms with E-state index in [4.69, 9.17) is 9.47 Å². The monoisotopic (exact) mass is 528 g/mol. The van der Waals surface area contributed by atoms with Gasteiger partial charge in [0, 0.05) is 47.6 Å². The predicted octanol–water partition coefficient (Wildman–Crippen LogP) is 4.66. The van der Waals surface area contributed by atoms with Crippen molar-refractivity contribution in [3.05, 3.63) is 83.0 Å². The van der Waals surface area contributed by atoms with Gasteiger partial charge in [0.15, 0.2) is 0 Å². The lowest BCUT2D eigenvalue weighted by atomic mass is 9.96. The van der Waals surface area contributed by atoms with E-state index >= 15 is 0 Å². The molecule has 0 saturated carbocycles. The molecule has 2 N–H and O–H groups in total. The van der Waals surface area contributed by atoms with Crippen LogP contribution in [-0.4, -0.2) is 48.6 Å². The second-order valence-corrected chi connectivity index (χ2v) is 10.2. The van der Waals surface area contributed by atoms with Gasteiger partial charge in [-0.2, -0.15) is 0 Å². The van der Waals surface area contributed by atoms with Crippen molar-refractivity contribution >= 4 is 17.6 Å². The molecule has 3 atom stereocenters. The summed E-state index contributed by atoms with van der Waals surface area (Å²) in [5, 5.41) is 6.23. The summed E-state index contributed by atoms with van der Waals surface area (Å²) in [4.78, 5) is 32.9. The Morgan fingerprint density at radius 2 is 1.72 bits per heavy atom. The predicted molar refractivity (Wildman–Crippen MR) is 151 cm³/mol. The molecule has 8 heteroatoms. The minimum atomic E-state index is -0.169. The first kappa shape index (κ1) is 26.5. The Morgan fingerprint density at radius 1 is 0.974 bits per heavy atom. The average Bonchev–Trinajstić information content (AvgIpc) is 3.22. The zero-order chi connectivity index (χ0) is 27.4. The van der Waals surface area contributed by atoms with E-state index < -0.39 is 0 Å². The number of piperidine rings is 1. The highest BCUT2D eigenvalue weighted by atomic mass is 16.5. The first-order valence-electron chi connectivity index (χ1n) is 13.7. The topological polar surface area (TPSA) is 92.8 Å². The maximum atomic E-state index is 13.0. The summed E-state index contributed by atoms with van der Waals surface area (Å²) in [6.45, 7) is 4.81. The van der Waals surface area contributed by atoms with E-state index in [1.54, 1.807) is 13.3 Å². The number of para-hydroxylation sites is 1. The lowest BCUT2D eigenvalue weighted by Crippen LogP contribution is -2.50. The van der Waals surface area contributed by atoms with E-state index in [0.29, 0.717) is 36.4 Å². The van der Waals surface area contributed by atoms with Crippen LogP contribution in [0.3, 0.4) is 0 Å². The molecule has 204 valence electrons. The van der Waals surface area contributed by atoms with Gasteiger partial charge in [0.05, 0.1) is 19.3 Å². The van der Waals surface area contributed by atoms with Crippen LogP contribution in [0.5, 0.6) is 11.5 Å². The fraction of sp³-hybridized carbons (Fsp3) is 0.387. The van der Waals surface area contributed by atoms with Gasteiger partial charge in [-0.1, -0.05) is 24.3 Å². The van der Waals surface area contributed by atoms with Gasteiger partial charge in [0.25, 0.3) is 11.8 Å². The quantitative estimate of drug-likeness (QED) is 0.420. The van der Waals surface area contributed by atoms with Gasteiger partial charge in [-0.3, -0.25) is 9.59 Å². The summed E-state index contributed by atoms with van der Waals surface area (Å²) in [6, 6.07) is 17.8. The zero-order valence-corrected chi connectivity index (χ0v) is 22.8. The molecular formula is C31H36N4O4. The highest BCUT2D eigenvalue weighted by Crippen LogP contribution is 2.38. The molecule has 8 nitrogen and oxygen atoms in total. The molecule has 5 rings (SSSR count). The SMILES string of the molecule is CCOc1ccccc1CNC(=O)c1ccc(N2[C@@H]3CC[C@H]2CC(NC(=O)c2cccc(OC)c2C)C3)nc1. The first-order valence-corrected chi connectivity index (χ1v) is 13.7. The number of carbonyl (C=O) groups is 2. The highest BCUT2D eigenvalue weighted by molar-refractivity contribution is 5.96. The summed E-state index contributed by atoms with van der Waals surface area (Å²) in [7, 11) is 1.62. The summed E-state index contributed by atoms with van der Waals surface area (Å²) in [6.07, 6.45) is 5.53. The van der Waals surface area contributed by atoms with Crippen molar-refractivity contribution in [3.8, 4) is 11.5 Å². The Bertz CT molecular complexity index is 1310. The third kappa shape index (κ3) is 5.70. The van der Waals surface area contributed by atoms with Crippen LogP contribution in [0.25, 0.3) is 0 Å². The summed E-state index contributed by atoms with van der Waals surface area (Å²) in [5.74, 6) is 2.16. The Morgan fingerprint density at radius 3 is 2.41 bits per heavy atom. The Hall–Kier alpha value is -4.07. The molecule has 2 bridgehead atoms. The number of hydrogen-bond donors (Lipinski definition) is 2. The molecule has 2 aromatic carbocycles. The molecule has 39 heavy (non-hydrogen) atoms. The molecule has 3 heterocycles. The molecule has 2 aliphatic heterocycles. The van der Waals surface area contributed by atoms with Crippen molar-refractivity contribution < 1.29 is 19.1 Å². The van der Waals surface area contributed by atoms with Gasteiger partial charge < -0.3 is 25.0 Å². The summed E-state index contributed by atoms with van der Waals surface area (Å²) < 4.78 is 11.0. The number of fused-ring (bicyclic) bond motifs is 2. The number of ether oxygens (including phenoxy) is 2. The zero-order valence-electron chi connectivity index (χ0n) is 22.8. The van der Waals surface area contributed by atoms with Crippen LogP contribution >= 0.6 is 0 Å². The van der Waals surface area contributed by atoms with E-state index in [-0.39, 0.29) is 17.9 Å². The van der Waals surface area contributed by atoms with E-state index in [1.807, 2.05) is 68.4 Å². The molecule has 0 aliphatic carbocycles. The molecular weight excluding hydrogens is 492 g/mol. The average molecular weight is 529 g/mol. The van der Waals surface area contributed by atoms with Crippen molar-refractivity contribution in [2.24, 2.45) is 0 Å². The summed E-state index contributed by atoms with van der Waals surface area (Å²) in [5.41, 5.74) is 2.96. The van der Waals surface area contributed by atoms with Crippen molar-refractivity contribution in [2.45, 2.75) is 64.2 Å². The van der Waals surface area contributed by atoms with Gasteiger partial charge in [0.2, 0.25) is 0 Å². The van der Waals surface area contributed by atoms with Gasteiger partial charge in [-0.25, -0.2) is 4.98 Å². The number of rotatable bonds is 9. The molecule has 2 fully saturated rings. The van der Waals surface area contributed by atoms with E-state index in [9.17, 15) is 9.59 Å². The molecule has 3 aromatic rings. The number of methoxy groups -OCH3 is 1. The molecule has 2 saturated heterocycles. The standard InChI is InChI=1S/C31H36N4O4/c1-4-39-28-10-6-5-8-21(28)18-33-30(36)22-12-15-29(32-19-22)35-24-13-14-25(35)17-23(16-24)34-31(37)26-9-7-11-27(38-3)20(26)2/h5-12,15,19,23-25H,4,13-14,16-18H2,1-3H3,(H,33,36)(H,34,37)/t23?,24-,25+. The molecule has 0 radical (unpaired) electrons. The fourth-order valence-corrected chi connectivity index (χ4v) is 5.91. The highest BCUT2D eigenvalue weighted by Gasteiger charge is 2.42. The third-order valence-corrected chi connectivity index (χ3v) is 7.80. The number of pyridine rings is 1. The largest absolute Gasteiger partial charge is 0.496 e. The van der Waals surface area contributed by atoms with Crippen LogP contribution in [0.15, 0.2) is 60.8 Å². The number of benzene rings is 2. The van der Waals surface area contributed by atoms with Crippen LogP contribution < -0.4 is 25.0 Å². The molecule has 0 spiro atoms. The van der Waals surface area contributed by atoms with Gasteiger partial charge in [0.1, 0.15) is 17.3 Å². The summed E-state index contributed by atoms with van der Waals surface area (Å²) >= 11 is 0. The third-order valence-electron chi connectivity index (χ3n) is 7.80. The number of anilines is 1. The Balaban J connectivity index is 1.19. The number of aromatic nitrogens is 1. The van der Waals surface area contributed by atoms with Crippen molar-refractivity contribution in [3.63, 3.8) is 0 Å². The van der Waals surface area contributed by atoms with E-state index in [0.717, 1.165) is 54.1 Å². The second kappa shape index (κ2) is 11.8. The van der Waals surface area contributed by atoms with E-state index in [2.05, 4.69) is 20.5 Å². The van der Waals surface area contributed by atoms with Crippen LogP contribution in [0, 0.1) is 6.92 Å². The number of nitrogens with zero attached hydrogens (tertiary/aromatic N) is 2. The number of amides is 2. The number of nitrogens with one attached hydrogen (secondary N) is 2. The van der Waals surface area contributed by atoms with Gasteiger partial charge in [-0.05, 0) is 69.9 Å². The van der Waals surface area contributed by atoms with Crippen LogP contribution in [0.4, 0.5) is 5.82 Å². The van der Waals surface area contributed by atoms with Crippen LogP contribution in [0.1, 0.15) is 64.4 Å². The van der Waals surface area contributed by atoms with Gasteiger partial charge >= 0.3 is 0 Å². The minimum absolute atomic E-state index is 0.0541. The number of carbonyl (C=O) groups excluding carboxylic acids is 2. The Kier molecular flexibility index (Phi) is 8.00. The second-order valence-electron chi connectivity index (χ2n) is 10.2. The maximum Gasteiger partial charge on any atom is 0.253 e. The number of hydrogen-bond acceptors (Lipinski definition) is 6. The maximum absolute atomic E-state index is 13.0. The van der Waals surface area contributed by atoms with Gasteiger partial charge in [-0.15, -0.1) is 0 Å². The molecule has 1 aromatic heterocycles. The smallest absolute Gasteiger partial charge is 0.253 e. The first-order chi connectivity index (χ1) is 19.0. The molecule has 2 aliphatic rings. The lowest BCUT2D eigenvalue weighted by Gasteiger charge is -2.40.